The first-order valence-electron chi connectivity index (χ1n) is 5.89. The molecular formula is C13H15ClN2O4. The molecule has 0 heterocycles. The molecule has 0 radical (unpaired) electrons. The van der Waals surface area contributed by atoms with Crippen LogP contribution in [0.15, 0.2) is 24.3 Å². The molecule has 7 heteroatoms. The molecule has 1 unspecified atom stereocenters. The monoisotopic (exact) mass is 298 g/mol. The zero-order valence-corrected chi connectivity index (χ0v) is 11.6. The minimum atomic E-state index is -1.25. The summed E-state index contributed by atoms with van der Waals surface area (Å²) < 4.78 is 0. The number of halogens is 1. The van der Waals surface area contributed by atoms with E-state index in [9.17, 15) is 14.4 Å². The number of hydrogen-bond acceptors (Lipinski definition) is 3. The number of ketones is 1. The van der Waals surface area contributed by atoms with Crippen molar-refractivity contribution in [2.45, 2.75) is 25.9 Å². The average Bonchev–Trinajstić information content (AvgIpc) is 2.36. The minimum absolute atomic E-state index is 0.232. The molecule has 0 aliphatic rings. The Hall–Kier alpha value is -2.08. The quantitative estimate of drug-likeness (QED) is 0.743. The first-order chi connectivity index (χ1) is 9.38. The van der Waals surface area contributed by atoms with E-state index in [0.29, 0.717) is 5.02 Å². The summed E-state index contributed by atoms with van der Waals surface area (Å²) in [6.07, 6.45) is -0.246. The summed E-state index contributed by atoms with van der Waals surface area (Å²) in [5.74, 6) is -1.56. The second-order valence-electron chi connectivity index (χ2n) is 4.25. The second-order valence-corrected chi connectivity index (χ2v) is 4.69. The molecule has 0 aliphatic carbocycles. The van der Waals surface area contributed by atoms with Gasteiger partial charge in [0.25, 0.3) is 0 Å². The molecule has 1 rings (SSSR count). The molecule has 0 spiro atoms. The number of carboxylic acids is 1. The second kappa shape index (κ2) is 7.49. The third kappa shape index (κ3) is 5.71. The third-order valence-electron chi connectivity index (χ3n) is 2.46. The van der Waals surface area contributed by atoms with Crippen molar-refractivity contribution >= 4 is 29.4 Å². The summed E-state index contributed by atoms with van der Waals surface area (Å²) in [5.41, 5.74) is 0.822. The highest BCUT2D eigenvalue weighted by Gasteiger charge is 2.21. The van der Waals surface area contributed by atoms with Gasteiger partial charge in [0, 0.05) is 18.0 Å². The summed E-state index contributed by atoms with van der Waals surface area (Å²) in [6, 6.07) is 4.99. The zero-order chi connectivity index (χ0) is 15.1. The maximum absolute atomic E-state index is 11.6. The van der Waals surface area contributed by atoms with Gasteiger partial charge in [-0.3, -0.25) is 4.79 Å². The Morgan fingerprint density at radius 1 is 1.25 bits per heavy atom. The van der Waals surface area contributed by atoms with Crippen molar-refractivity contribution in [3.8, 4) is 0 Å². The molecule has 0 aromatic heterocycles. The van der Waals surface area contributed by atoms with E-state index in [1.807, 2.05) is 0 Å². The highest BCUT2D eigenvalue weighted by molar-refractivity contribution is 6.30. The third-order valence-corrected chi connectivity index (χ3v) is 2.71. The van der Waals surface area contributed by atoms with Gasteiger partial charge >= 0.3 is 12.0 Å². The van der Waals surface area contributed by atoms with Crippen molar-refractivity contribution in [3.63, 3.8) is 0 Å². The number of urea groups is 1. The molecule has 0 bridgehead atoms. The van der Waals surface area contributed by atoms with Crippen molar-refractivity contribution in [1.82, 2.24) is 10.6 Å². The smallest absolute Gasteiger partial charge is 0.326 e. The lowest BCUT2D eigenvalue weighted by molar-refractivity contribution is -0.140. The highest BCUT2D eigenvalue weighted by Crippen LogP contribution is 2.09. The van der Waals surface area contributed by atoms with Crippen LogP contribution in [0.2, 0.25) is 5.02 Å². The topological polar surface area (TPSA) is 95.5 Å². The van der Waals surface area contributed by atoms with Crippen LogP contribution in [0.5, 0.6) is 0 Å². The predicted octanol–water partition coefficient (Wildman–Crippen LogP) is 1.57. The standard InChI is InChI=1S/C13H15ClN2O4/c1-8(17)6-11(12(18)19)16-13(20)15-7-9-2-4-10(14)5-3-9/h2-5,11H,6-7H2,1H3,(H,18,19)(H2,15,16,20). The maximum atomic E-state index is 11.6. The molecule has 0 aliphatic heterocycles. The summed E-state index contributed by atoms with van der Waals surface area (Å²) in [4.78, 5) is 33.3. The fourth-order valence-electron chi connectivity index (χ4n) is 1.48. The van der Waals surface area contributed by atoms with Crippen LogP contribution in [0.3, 0.4) is 0 Å². The van der Waals surface area contributed by atoms with Crippen molar-refractivity contribution in [2.24, 2.45) is 0 Å². The highest BCUT2D eigenvalue weighted by atomic mass is 35.5. The van der Waals surface area contributed by atoms with Crippen molar-refractivity contribution in [2.75, 3.05) is 0 Å². The van der Waals surface area contributed by atoms with E-state index in [0.717, 1.165) is 5.56 Å². The van der Waals surface area contributed by atoms with E-state index >= 15 is 0 Å². The van der Waals surface area contributed by atoms with E-state index in [-0.39, 0.29) is 18.7 Å². The van der Waals surface area contributed by atoms with E-state index in [1.54, 1.807) is 24.3 Å². The number of hydrogen-bond donors (Lipinski definition) is 3. The van der Waals surface area contributed by atoms with Crippen LogP contribution in [0.1, 0.15) is 18.9 Å². The fraction of sp³-hybridized carbons (Fsp3) is 0.308. The van der Waals surface area contributed by atoms with E-state index in [1.165, 1.54) is 6.92 Å². The van der Waals surface area contributed by atoms with Crippen LogP contribution in [0, 0.1) is 0 Å². The molecule has 0 saturated heterocycles. The van der Waals surface area contributed by atoms with Gasteiger partial charge in [-0.15, -0.1) is 0 Å². The van der Waals surface area contributed by atoms with Crippen molar-refractivity contribution in [1.29, 1.82) is 0 Å². The SMILES string of the molecule is CC(=O)CC(NC(=O)NCc1ccc(Cl)cc1)C(=O)O. The Labute approximate surface area is 121 Å². The number of benzene rings is 1. The molecule has 0 fully saturated rings. The Morgan fingerprint density at radius 2 is 1.85 bits per heavy atom. The van der Waals surface area contributed by atoms with Gasteiger partial charge in [0.1, 0.15) is 11.8 Å². The lowest BCUT2D eigenvalue weighted by Crippen LogP contribution is -2.46. The number of carboxylic acid groups (broad SMARTS) is 1. The predicted molar refractivity (Wildman–Crippen MR) is 73.5 cm³/mol. The van der Waals surface area contributed by atoms with E-state index in [2.05, 4.69) is 10.6 Å². The molecule has 20 heavy (non-hydrogen) atoms. The molecule has 0 saturated carbocycles. The van der Waals surface area contributed by atoms with Crippen molar-refractivity contribution < 1.29 is 19.5 Å². The Kier molecular flexibility index (Phi) is 5.99. The Balaban J connectivity index is 2.47. The summed E-state index contributed by atoms with van der Waals surface area (Å²) in [7, 11) is 0. The first kappa shape index (κ1) is 16.0. The molecule has 2 amide bonds. The van der Waals surface area contributed by atoms with Gasteiger partial charge < -0.3 is 15.7 Å². The van der Waals surface area contributed by atoms with Crippen LogP contribution in [-0.2, 0) is 16.1 Å². The van der Waals surface area contributed by atoms with Crippen LogP contribution in [0.4, 0.5) is 4.79 Å². The molecule has 1 aromatic carbocycles. The number of aliphatic carboxylic acids is 1. The average molecular weight is 299 g/mol. The van der Waals surface area contributed by atoms with Crippen LogP contribution in [0.25, 0.3) is 0 Å². The van der Waals surface area contributed by atoms with Gasteiger partial charge in [0.2, 0.25) is 0 Å². The summed E-state index contributed by atoms with van der Waals surface area (Å²) in [6.45, 7) is 1.50. The Bertz CT molecular complexity index is 502. The van der Waals surface area contributed by atoms with Gasteiger partial charge in [0.05, 0.1) is 0 Å². The lowest BCUT2D eigenvalue weighted by Gasteiger charge is -2.13. The van der Waals surface area contributed by atoms with Gasteiger partial charge in [-0.25, -0.2) is 9.59 Å². The number of carbonyl (C=O) groups excluding carboxylic acids is 2. The normalized spacial score (nSPS) is 11.5. The lowest BCUT2D eigenvalue weighted by atomic mass is 10.1. The van der Waals surface area contributed by atoms with E-state index < -0.39 is 18.0 Å². The Morgan fingerprint density at radius 3 is 2.35 bits per heavy atom. The van der Waals surface area contributed by atoms with Gasteiger partial charge in [-0.2, -0.15) is 0 Å². The van der Waals surface area contributed by atoms with Crippen molar-refractivity contribution in [3.05, 3.63) is 34.9 Å². The van der Waals surface area contributed by atoms with Gasteiger partial charge in [0.15, 0.2) is 0 Å². The fourth-order valence-corrected chi connectivity index (χ4v) is 1.61. The molecule has 6 nitrogen and oxygen atoms in total. The van der Waals surface area contributed by atoms with E-state index in [4.69, 9.17) is 16.7 Å². The molecule has 108 valence electrons. The van der Waals surface area contributed by atoms with Crippen LogP contribution in [-0.4, -0.2) is 28.9 Å². The molecule has 1 aromatic rings. The molecule has 3 N–H and O–H groups in total. The van der Waals surface area contributed by atoms with Crippen LogP contribution < -0.4 is 10.6 Å². The first-order valence-corrected chi connectivity index (χ1v) is 6.27. The molecular weight excluding hydrogens is 284 g/mol. The van der Waals surface area contributed by atoms with Gasteiger partial charge in [-0.05, 0) is 24.6 Å². The largest absolute Gasteiger partial charge is 0.480 e. The summed E-state index contributed by atoms with van der Waals surface area (Å²) in [5, 5.41) is 14.2. The molecule has 1 atom stereocenters. The number of rotatable bonds is 6. The number of Topliss-reactive ketones (excluding diaryl/α,β-unsaturated/α-hetero) is 1. The number of carbonyl (C=O) groups is 3. The summed E-state index contributed by atoms with van der Waals surface area (Å²) >= 11 is 5.73. The minimum Gasteiger partial charge on any atom is -0.480 e. The van der Waals surface area contributed by atoms with Crippen LogP contribution >= 0.6 is 11.6 Å². The maximum Gasteiger partial charge on any atom is 0.326 e. The number of amides is 2. The van der Waals surface area contributed by atoms with Gasteiger partial charge in [-0.1, -0.05) is 23.7 Å². The zero-order valence-electron chi connectivity index (χ0n) is 10.9. The number of nitrogens with one attached hydrogen (secondary N) is 2.